The molecule has 0 aromatic heterocycles. The van der Waals surface area contributed by atoms with Gasteiger partial charge in [-0.3, -0.25) is 0 Å². The lowest BCUT2D eigenvalue weighted by molar-refractivity contribution is 0.401. The van der Waals surface area contributed by atoms with E-state index in [2.05, 4.69) is 33.9 Å². The first-order valence-electron chi connectivity index (χ1n) is 17.9. The Kier molecular flexibility index (Phi) is 13.1. The van der Waals surface area contributed by atoms with Crippen molar-refractivity contribution in [2.24, 2.45) is 10.2 Å². The van der Waals surface area contributed by atoms with Gasteiger partial charge in [0.25, 0.3) is 0 Å². The van der Waals surface area contributed by atoms with Gasteiger partial charge < -0.3 is 0 Å². The first kappa shape index (κ1) is 40.6. The summed E-state index contributed by atoms with van der Waals surface area (Å²) >= 11 is 0. The Hall–Kier alpha value is -5.58. The van der Waals surface area contributed by atoms with Crippen LogP contribution in [0.5, 0.6) is 0 Å². The highest BCUT2D eigenvalue weighted by Crippen LogP contribution is 2.55. The minimum Gasteiger partial charge on any atom is -0.203 e. The van der Waals surface area contributed by atoms with Crippen molar-refractivity contribution in [2.45, 2.75) is 83.5 Å². The molecule has 1 aliphatic rings. The van der Waals surface area contributed by atoms with Gasteiger partial charge in [0, 0.05) is 15.2 Å². The maximum absolute atomic E-state index is 14.9. The van der Waals surface area contributed by atoms with E-state index < -0.39 is 74.5 Å². The zero-order valence-electron chi connectivity index (χ0n) is 30.1. The van der Waals surface area contributed by atoms with E-state index in [9.17, 15) is 35.1 Å². The molecule has 5 rings (SSSR count). The molecule has 0 aliphatic heterocycles. The molecule has 286 valence electrons. The molecule has 1 aliphatic carbocycles. The Bertz CT molecular complexity index is 2050. The number of unbranched alkanes of at least 4 members (excludes halogenated alkanes) is 6. The van der Waals surface area contributed by atoms with Crippen molar-refractivity contribution < 1.29 is 35.1 Å². The first-order valence-corrected chi connectivity index (χ1v) is 17.9. The monoisotopic (exact) mass is 764 g/mol. The highest BCUT2D eigenvalue weighted by atomic mass is 19.2. The molecule has 0 unspecified atom stereocenters. The van der Waals surface area contributed by atoms with Crippen LogP contribution in [0.1, 0.15) is 111 Å². The fourth-order valence-corrected chi connectivity index (χ4v) is 7.30. The van der Waals surface area contributed by atoms with Gasteiger partial charge in [0.2, 0.25) is 0 Å². The Balaban J connectivity index is 1.63. The van der Waals surface area contributed by atoms with Crippen LogP contribution in [-0.2, 0) is 5.41 Å². The standard InChI is InChI=1S/C41H36F8N6/c1-3-5-7-9-19-41(20-10-8-6-4-2)29-21-23(13-17-27-31(42)35(46)39(52-54-50)36(47)32(27)43)11-15-25(29)26-16-12-24(22-30(26)41)14-18-28-33(44)37(48)40(53-55-51)38(49)34(28)45/h11-18,21-22H,3-10,19-20H2,1-2H3/b17-13+,18-14+. The summed E-state index contributed by atoms with van der Waals surface area (Å²) in [6.45, 7) is 4.19. The molecule has 0 atom stereocenters. The van der Waals surface area contributed by atoms with Gasteiger partial charge in [-0.1, -0.05) is 124 Å². The van der Waals surface area contributed by atoms with E-state index in [0.29, 0.717) is 24.0 Å². The Morgan fingerprint density at radius 2 is 0.873 bits per heavy atom. The summed E-state index contributed by atoms with van der Waals surface area (Å²) in [6, 6.07) is 10.8. The van der Waals surface area contributed by atoms with Crippen LogP contribution in [0.2, 0.25) is 0 Å². The van der Waals surface area contributed by atoms with Crippen LogP contribution in [0.15, 0.2) is 46.6 Å². The van der Waals surface area contributed by atoms with Crippen LogP contribution >= 0.6 is 0 Å². The van der Waals surface area contributed by atoms with Crippen molar-refractivity contribution in [1.82, 2.24) is 0 Å². The van der Waals surface area contributed by atoms with E-state index in [1.165, 1.54) is 12.2 Å². The second kappa shape index (κ2) is 17.7. The van der Waals surface area contributed by atoms with Gasteiger partial charge in [0.05, 0.1) is 11.1 Å². The first-order chi connectivity index (χ1) is 26.4. The Labute approximate surface area is 312 Å². The van der Waals surface area contributed by atoms with E-state index in [1.54, 1.807) is 12.1 Å². The molecule has 4 aromatic rings. The van der Waals surface area contributed by atoms with Crippen LogP contribution in [-0.4, -0.2) is 0 Å². The number of halogens is 8. The summed E-state index contributed by atoms with van der Waals surface area (Å²) < 4.78 is 118. The number of azide groups is 2. The molecule has 0 fully saturated rings. The van der Waals surface area contributed by atoms with Crippen molar-refractivity contribution in [3.8, 4) is 11.1 Å². The number of rotatable bonds is 16. The summed E-state index contributed by atoms with van der Waals surface area (Å²) in [7, 11) is 0. The second-order valence-electron chi connectivity index (χ2n) is 13.4. The van der Waals surface area contributed by atoms with Crippen LogP contribution < -0.4 is 0 Å². The maximum atomic E-state index is 14.9. The molecule has 4 aromatic carbocycles. The predicted octanol–water partition coefficient (Wildman–Crippen LogP) is 15.2. The fourth-order valence-electron chi connectivity index (χ4n) is 7.30. The molecule has 0 N–H and O–H groups in total. The van der Waals surface area contributed by atoms with Crippen molar-refractivity contribution in [3.05, 3.63) is 137 Å². The molecule has 14 heteroatoms. The van der Waals surface area contributed by atoms with E-state index in [-0.39, 0.29) is 0 Å². The molecule has 0 saturated heterocycles. The topological polar surface area (TPSA) is 97.5 Å². The molecule has 0 amide bonds. The highest BCUT2D eigenvalue weighted by molar-refractivity contribution is 5.85. The van der Waals surface area contributed by atoms with E-state index >= 15 is 0 Å². The Morgan fingerprint density at radius 1 is 0.509 bits per heavy atom. The summed E-state index contributed by atoms with van der Waals surface area (Å²) in [5, 5.41) is 5.47. The molecule has 0 bridgehead atoms. The molecule has 0 radical (unpaired) electrons. The summed E-state index contributed by atoms with van der Waals surface area (Å²) in [6.07, 6.45) is 13.5. The molecule has 0 spiro atoms. The van der Waals surface area contributed by atoms with Crippen LogP contribution in [0.4, 0.5) is 46.5 Å². The van der Waals surface area contributed by atoms with Crippen molar-refractivity contribution in [1.29, 1.82) is 0 Å². The lowest BCUT2D eigenvalue weighted by Gasteiger charge is -2.33. The molecule has 6 nitrogen and oxygen atoms in total. The second-order valence-corrected chi connectivity index (χ2v) is 13.4. The largest absolute Gasteiger partial charge is 0.203 e. The van der Waals surface area contributed by atoms with E-state index in [1.807, 2.05) is 24.3 Å². The van der Waals surface area contributed by atoms with Gasteiger partial charge in [0.1, 0.15) is 11.4 Å². The average Bonchev–Trinajstić information content (AvgIpc) is 3.45. The molecular weight excluding hydrogens is 728 g/mol. The summed E-state index contributed by atoms with van der Waals surface area (Å²) in [5.74, 6) is -14.2. The third-order valence-electron chi connectivity index (χ3n) is 10.0. The number of hydrogen-bond acceptors (Lipinski definition) is 2. The summed E-state index contributed by atoms with van der Waals surface area (Å²) in [5.41, 5.74) is 16.3. The molecular formula is C41H36F8N6. The SMILES string of the molecule is CCCCCCC1(CCCCCC)c2cc(/C=C/c3c(F)c(F)c(N=[N+]=[N-])c(F)c3F)ccc2-c2ccc(/C=C/c3c(F)c(F)c(N=[N+]=[N-])c(F)c3F)cc21. The number of benzene rings is 4. The maximum Gasteiger partial charge on any atom is 0.172 e. The number of hydrogen-bond donors (Lipinski definition) is 0. The quantitative estimate of drug-likeness (QED) is 0.0206. The lowest BCUT2D eigenvalue weighted by atomic mass is 9.70. The van der Waals surface area contributed by atoms with E-state index in [0.717, 1.165) is 85.8 Å². The zero-order chi connectivity index (χ0) is 39.9. The summed E-state index contributed by atoms with van der Waals surface area (Å²) in [4.78, 5) is 4.46. The third-order valence-corrected chi connectivity index (χ3v) is 10.0. The smallest absolute Gasteiger partial charge is 0.172 e. The molecule has 55 heavy (non-hydrogen) atoms. The lowest BCUT2D eigenvalue weighted by Crippen LogP contribution is -2.25. The van der Waals surface area contributed by atoms with E-state index in [4.69, 9.17) is 11.1 Å². The van der Waals surface area contributed by atoms with Crippen molar-refractivity contribution in [3.63, 3.8) is 0 Å². The fraction of sp³-hybridized carbons (Fsp3) is 0.317. The predicted molar refractivity (Wildman–Crippen MR) is 198 cm³/mol. The van der Waals surface area contributed by atoms with Crippen molar-refractivity contribution >= 4 is 35.7 Å². The zero-order valence-corrected chi connectivity index (χ0v) is 30.1. The van der Waals surface area contributed by atoms with Crippen LogP contribution in [0.25, 0.3) is 56.3 Å². The minimum absolute atomic E-state index is 0.482. The molecule has 0 saturated carbocycles. The number of nitrogens with zero attached hydrogens (tertiary/aromatic N) is 6. The number of fused-ring (bicyclic) bond motifs is 3. The third kappa shape index (κ3) is 7.97. The van der Waals surface area contributed by atoms with Gasteiger partial charge in [0.15, 0.2) is 46.5 Å². The van der Waals surface area contributed by atoms with Gasteiger partial charge in [-0.25, -0.2) is 35.1 Å². The van der Waals surface area contributed by atoms with Gasteiger partial charge in [-0.15, -0.1) is 0 Å². The van der Waals surface area contributed by atoms with Gasteiger partial charge in [-0.2, -0.15) is 0 Å². The average molecular weight is 765 g/mol. The minimum atomic E-state index is -1.82. The molecule has 0 heterocycles. The van der Waals surface area contributed by atoms with Gasteiger partial charge >= 0.3 is 0 Å². The van der Waals surface area contributed by atoms with Gasteiger partial charge in [-0.05, 0) is 69.4 Å². The van der Waals surface area contributed by atoms with Crippen LogP contribution in [0, 0.1) is 46.5 Å². The Morgan fingerprint density at radius 3 is 1.20 bits per heavy atom. The highest BCUT2D eigenvalue weighted by Gasteiger charge is 2.42. The van der Waals surface area contributed by atoms with Crippen LogP contribution in [0.3, 0.4) is 0 Å². The van der Waals surface area contributed by atoms with Crippen molar-refractivity contribution in [2.75, 3.05) is 0 Å². The normalized spacial score (nSPS) is 12.9.